The van der Waals surface area contributed by atoms with Gasteiger partial charge in [-0.2, -0.15) is 0 Å². The molecule has 0 aromatic heterocycles. The van der Waals surface area contributed by atoms with Crippen LogP contribution in [0, 0.1) is 0 Å². The highest BCUT2D eigenvalue weighted by molar-refractivity contribution is 7.80. The molecule has 0 heterocycles. The Kier molecular flexibility index (Phi) is 6.19. The SMILES string of the molecule is COc1cccc(OC)c1C(=O)NC(=S)Nc1ccc(N(C)C)cc1. The molecule has 25 heavy (non-hydrogen) atoms. The quantitative estimate of drug-likeness (QED) is 0.801. The van der Waals surface area contributed by atoms with Crippen molar-refractivity contribution in [3.05, 3.63) is 48.0 Å². The third-order valence-corrected chi connectivity index (χ3v) is 3.73. The molecular formula is C18H21N3O3S. The van der Waals surface area contributed by atoms with Crippen molar-refractivity contribution < 1.29 is 14.3 Å². The number of rotatable bonds is 5. The first kappa shape index (κ1) is 18.5. The van der Waals surface area contributed by atoms with Crippen LogP contribution in [0.2, 0.25) is 0 Å². The molecule has 0 radical (unpaired) electrons. The van der Waals surface area contributed by atoms with Crippen LogP contribution in [-0.2, 0) is 0 Å². The van der Waals surface area contributed by atoms with Crippen LogP contribution in [0.3, 0.4) is 0 Å². The molecule has 0 atom stereocenters. The molecule has 0 saturated carbocycles. The molecule has 0 spiro atoms. The Labute approximate surface area is 152 Å². The van der Waals surface area contributed by atoms with Gasteiger partial charge in [-0.25, -0.2) is 0 Å². The van der Waals surface area contributed by atoms with E-state index in [0.717, 1.165) is 11.4 Å². The second-order valence-corrected chi connectivity index (χ2v) is 5.80. The predicted molar refractivity (Wildman–Crippen MR) is 104 cm³/mol. The second-order valence-electron chi connectivity index (χ2n) is 5.39. The van der Waals surface area contributed by atoms with E-state index in [1.165, 1.54) is 14.2 Å². The zero-order valence-corrected chi connectivity index (χ0v) is 15.4. The van der Waals surface area contributed by atoms with Gasteiger partial charge in [0, 0.05) is 25.5 Å². The summed E-state index contributed by atoms with van der Waals surface area (Å²) in [5.74, 6) is 0.418. The van der Waals surface area contributed by atoms with Crippen LogP contribution in [0.4, 0.5) is 11.4 Å². The van der Waals surface area contributed by atoms with Gasteiger partial charge in [0.2, 0.25) is 0 Å². The van der Waals surface area contributed by atoms with E-state index in [2.05, 4.69) is 10.6 Å². The fraction of sp³-hybridized carbons (Fsp3) is 0.222. The topological polar surface area (TPSA) is 62.8 Å². The van der Waals surface area contributed by atoms with Crippen LogP contribution in [0.15, 0.2) is 42.5 Å². The lowest BCUT2D eigenvalue weighted by molar-refractivity contribution is 0.0971. The van der Waals surface area contributed by atoms with E-state index in [1.54, 1.807) is 18.2 Å². The molecule has 0 unspecified atom stereocenters. The lowest BCUT2D eigenvalue weighted by atomic mass is 10.1. The van der Waals surface area contributed by atoms with Crippen molar-refractivity contribution in [3.63, 3.8) is 0 Å². The van der Waals surface area contributed by atoms with E-state index >= 15 is 0 Å². The number of amides is 1. The first-order valence-electron chi connectivity index (χ1n) is 7.57. The Balaban J connectivity index is 2.09. The van der Waals surface area contributed by atoms with Crippen molar-refractivity contribution >= 4 is 34.6 Å². The molecular weight excluding hydrogens is 338 g/mol. The van der Waals surface area contributed by atoms with Crippen LogP contribution in [0.25, 0.3) is 0 Å². The summed E-state index contributed by atoms with van der Waals surface area (Å²) in [6.45, 7) is 0. The maximum atomic E-state index is 12.5. The monoisotopic (exact) mass is 359 g/mol. The predicted octanol–water partition coefficient (Wildman–Crippen LogP) is 2.90. The molecule has 0 aliphatic heterocycles. The van der Waals surface area contributed by atoms with Crippen molar-refractivity contribution in [1.82, 2.24) is 5.32 Å². The Morgan fingerprint density at radius 1 is 1.00 bits per heavy atom. The lowest BCUT2D eigenvalue weighted by Crippen LogP contribution is -2.34. The number of hydrogen-bond acceptors (Lipinski definition) is 5. The molecule has 7 heteroatoms. The van der Waals surface area contributed by atoms with Crippen molar-refractivity contribution in [2.45, 2.75) is 0 Å². The van der Waals surface area contributed by atoms with Crippen LogP contribution < -0.4 is 25.0 Å². The summed E-state index contributed by atoms with van der Waals surface area (Å²) >= 11 is 5.22. The highest BCUT2D eigenvalue weighted by Gasteiger charge is 2.19. The lowest BCUT2D eigenvalue weighted by Gasteiger charge is -2.15. The number of benzene rings is 2. The smallest absolute Gasteiger partial charge is 0.264 e. The Bertz CT molecular complexity index is 738. The molecule has 2 N–H and O–H groups in total. The molecule has 2 rings (SSSR count). The van der Waals surface area contributed by atoms with Gasteiger partial charge in [0.1, 0.15) is 17.1 Å². The van der Waals surface area contributed by atoms with Gasteiger partial charge in [-0.15, -0.1) is 0 Å². The van der Waals surface area contributed by atoms with Gasteiger partial charge in [-0.1, -0.05) is 6.07 Å². The minimum absolute atomic E-state index is 0.190. The molecule has 6 nitrogen and oxygen atoms in total. The summed E-state index contributed by atoms with van der Waals surface area (Å²) in [5, 5.41) is 5.82. The van der Waals surface area contributed by atoms with Crippen LogP contribution in [-0.4, -0.2) is 39.3 Å². The maximum absolute atomic E-state index is 12.5. The average Bonchev–Trinajstić information content (AvgIpc) is 2.61. The van der Waals surface area contributed by atoms with Crippen molar-refractivity contribution in [3.8, 4) is 11.5 Å². The summed E-state index contributed by atoms with van der Waals surface area (Å²) in [6, 6.07) is 12.8. The fourth-order valence-corrected chi connectivity index (χ4v) is 2.46. The van der Waals surface area contributed by atoms with Crippen LogP contribution >= 0.6 is 12.2 Å². The second kappa shape index (κ2) is 8.34. The van der Waals surface area contributed by atoms with Crippen LogP contribution in [0.1, 0.15) is 10.4 Å². The third-order valence-electron chi connectivity index (χ3n) is 3.52. The highest BCUT2D eigenvalue weighted by Crippen LogP contribution is 2.28. The molecule has 0 bridgehead atoms. The summed E-state index contributed by atoms with van der Waals surface area (Å²) in [6.07, 6.45) is 0. The Morgan fingerprint density at radius 2 is 1.56 bits per heavy atom. The van der Waals surface area contributed by atoms with Gasteiger partial charge in [0.15, 0.2) is 5.11 Å². The van der Waals surface area contributed by atoms with E-state index in [0.29, 0.717) is 17.1 Å². The van der Waals surface area contributed by atoms with Crippen molar-refractivity contribution in [1.29, 1.82) is 0 Å². The number of methoxy groups -OCH3 is 2. The standard InChI is InChI=1S/C18H21N3O3S/c1-21(2)13-10-8-12(9-11-13)19-18(25)20-17(22)16-14(23-3)6-5-7-15(16)24-4/h5-11H,1-4H3,(H2,19,20,22,25). The molecule has 0 aliphatic carbocycles. The van der Waals surface area contributed by atoms with E-state index < -0.39 is 5.91 Å². The molecule has 0 fully saturated rings. The number of anilines is 2. The third kappa shape index (κ3) is 4.60. The van der Waals surface area contributed by atoms with E-state index in [9.17, 15) is 4.79 Å². The number of carbonyl (C=O) groups excluding carboxylic acids is 1. The maximum Gasteiger partial charge on any atom is 0.264 e. The number of ether oxygens (including phenoxy) is 2. The Morgan fingerprint density at radius 3 is 2.04 bits per heavy atom. The minimum Gasteiger partial charge on any atom is -0.496 e. The largest absolute Gasteiger partial charge is 0.496 e. The first-order chi connectivity index (χ1) is 12.0. The summed E-state index contributed by atoms with van der Waals surface area (Å²) in [4.78, 5) is 14.5. The Hall–Kier alpha value is -2.80. The molecule has 132 valence electrons. The molecule has 2 aromatic rings. The minimum atomic E-state index is -0.406. The fourth-order valence-electron chi connectivity index (χ4n) is 2.25. The van der Waals surface area contributed by atoms with Crippen molar-refractivity contribution in [2.24, 2.45) is 0 Å². The number of thiocarbonyl (C=S) groups is 1. The zero-order valence-electron chi connectivity index (χ0n) is 14.6. The van der Waals surface area contributed by atoms with E-state index in [4.69, 9.17) is 21.7 Å². The van der Waals surface area contributed by atoms with E-state index in [1.807, 2.05) is 43.3 Å². The average molecular weight is 359 g/mol. The summed E-state index contributed by atoms with van der Waals surface area (Å²) in [5.41, 5.74) is 2.14. The zero-order chi connectivity index (χ0) is 18.4. The van der Waals surface area contributed by atoms with Gasteiger partial charge in [-0.05, 0) is 48.6 Å². The van der Waals surface area contributed by atoms with Gasteiger partial charge >= 0.3 is 0 Å². The summed E-state index contributed by atoms with van der Waals surface area (Å²) in [7, 11) is 6.92. The van der Waals surface area contributed by atoms with Gasteiger partial charge in [0.05, 0.1) is 14.2 Å². The number of hydrogen-bond donors (Lipinski definition) is 2. The number of nitrogens with one attached hydrogen (secondary N) is 2. The van der Waals surface area contributed by atoms with Crippen LogP contribution in [0.5, 0.6) is 11.5 Å². The first-order valence-corrected chi connectivity index (χ1v) is 7.97. The summed E-state index contributed by atoms with van der Waals surface area (Å²) < 4.78 is 10.5. The number of carbonyl (C=O) groups is 1. The van der Waals surface area contributed by atoms with Gasteiger partial charge < -0.3 is 19.7 Å². The van der Waals surface area contributed by atoms with Gasteiger partial charge in [-0.3, -0.25) is 10.1 Å². The molecule has 0 aliphatic rings. The van der Waals surface area contributed by atoms with Crippen molar-refractivity contribution in [2.75, 3.05) is 38.5 Å². The number of nitrogens with zero attached hydrogens (tertiary/aromatic N) is 1. The molecule has 2 aromatic carbocycles. The molecule has 1 amide bonds. The van der Waals surface area contributed by atoms with E-state index in [-0.39, 0.29) is 5.11 Å². The van der Waals surface area contributed by atoms with Gasteiger partial charge in [0.25, 0.3) is 5.91 Å². The molecule has 0 saturated heterocycles. The normalized spacial score (nSPS) is 9.92. The highest BCUT2D eigenvalue weighted by atomic mass is 32.1.